The van der Waals surface area contributed by atoms with Gasteiger partial charge in [0.15, 0.2) is 0 Å². The first-order valence-corrected chi connectivity index (χ1v) is 12.6. The summed E-state index contributed by atoms with van der Waals surface area (Å²) in [4.78, 5) is 13.0. The molecule has 6 nitrogen and oxygen atoms in total. The number of hydrogen-bond donors (Lipinski definition) is 1. The molecular weight excluding hydrogens is 455 g/mol. The van der Waals surface area contributed by atoms with Crippen molar-refractivity contribution in [1.82, 2.24) is 5.32 Å². The minimum atomic E-state index is -4.11. The lowest BCUT2D eigenvalue weighted by atomic mass is 10.0. The van der Waals surface area contributed by atoms with Crippen LogP contribution < -0.4 is 14.4 Å². The number of ether oxygens (including phenoxy) is 1. The number of carbonyl (C=O) groups excluding carboxylic acids is 1. The summed E-state index contributed by atoms with van der Waals surface area (Å²) < 4.78 is 46.9. The van der Waals surface area contributed by atoms with Crippen LogP contribution in [0, 0.1) is 12.7 Å². The van der Waals surface area contributed by atoms with Crippen LogP contribution in [0.1, 0.15) is 37.4 Å². The van der Waals surface area contributed by atoms with Gasteiger partial charge in [-0.3, -0.25) is 9.10 Å². The Morgan fingerprint density at radius 2 is 1.59 bits per heavy atom. The van der Waals surface area contributed by atoms with Crippen LogP contribution in [0.25, 0.3) is 0 Å². The first kappa shape index (κ1) is 25.2. The van der Waals surface area contributed by atoms with E-state index in [0.717, 1.165) is 27.6 Å². The summed E-state index contributed by atoms with van der Waals surface area (Å²) >= 11 is 0. The molecule has 0 aliphatic carbocycles. The third kappa shape index (κ3) is 6.14. The number of sulfonamides is 1. The minimum absolute atomic E-state index is 0.00125. The monoisotopic (exact) mass is 484 g/mol. The predicted octanol–water partition coefficient (Wildman–Crippen LogP) is 5.00. The Hall–Kier alpha value is -3.39. The molecule has 1 atom stereocenters. The Kier molecular flexibility index (Phi) is 8.28. The Labute approximate surface area is 200 Å². The normalized spacial score (nSPS) is 12.1. The van der Waals surface area contributed by atoms with E-state index in [9.17, 15) is 17.6 Å². The van der Waals surface area contributed by atoms with Gasteiger partial charge in [0, 0.05) is 0 Å². The molecule has 0 heterocycles. The number of carbonyl (C=O) groups is 1. The fourth-order valence-electron chi connectivity index (χ4n) is 3.51. The number of aryl methyl sites for hydroxylation is 1. The molecule has 0 saturated carbocycles. The second-order valence-corrected chi connectivity index (χ2v) is 9.69. The van der Waals surface area contributed by atoms with Gasteiger partial charge in [0.1, 0.15) is 18.1 Å². The maximum Gasteiger partial charge on any atom is 0.264 e. The number of rotatable bonds is 10. The van der Waals surface area contributed by atoms with Gasteiger partial charge in [0.2, 0.25) is 5.91 Å². The zero-order valence-corrected chi connectivity index (χ0v) is 20.3. The average Bonchev–Trinajstić information content (AvgIpc) is 2.83. The molecule has 3 aromatic carbocycles. The maximum absolute atomic E-state index is 13.5. The van der Waals surface area contributed by atoms with Crippen LogP contribution in [0.2, 0.25) is 0 Å². The Morgan fingerprint density at radius 1 is 0.971 bits per heavy atom. The van der Waals surface area contributed by atoms with Crippen molar-refractivity contribution in [2.45, 2.75) is 38.1 Å². The Bertz CT molecular complexity index is 1200. The standard InChI is InChI=1S/C26H29FN2O4S/c1-4-25(20-8-6-19(3)7-9-20)28-26(30)18-29(22-12-10-21(27)11-13-22)34(31,32)24-16-14-23(15-17-24)33-5-2/h6-17,25H,4-5,18H2,1-3H3,(H,28,30). The number of nitrogens with zero attached hydrogens (tertiary/aromatic N) is 1. The van der Waals surface area contributed by atoms with E-state index >= 15 is 0 Å². The van der Waals surface area contributed by atoms with Gasteiger partial charge in [0.05, 0.1) is 23.2 Å². The van der Waals surface area contributed by atoms with Crippen molar-refractivity contribution in [3.63, 3.8) is 0 Å². The van der Waals surface area contributed by atoms with E-state index in [4.69, 9.17) is 4.74 Å². The SMILES string of the molecule is CCOc1ccc(S(=O)(=O)N(CC(=O)NC(CC)c2ccc(C)cc2)c2ccc(F)cc2)cc1. The number of anilines is 1. The van der Waals surface area contributed by atoms with Crippen molar-refractivity contribution in [3.05, 3.63) is 89.7 Å². The number of halogens is 1. The molecule has 0 aliphatic rings. The van der Waals surface area contributed by atoms with Gasteiger partial charge >= 0.3 is 0 Å². The summed E-state index contributed by atoms with van der Waals surface area (Å²) in [6, 6.07) is 18.5. The topological polar surface area (TPSA) is 75.7 Å². The molecular formula is C26H29FN2O4S. The molecule has 180 valence electrons. The molecule has 3 rings (SSSR count). The molecule has 0 saturated heterocycles. The highest BCUT2D eigenvalue weighted by Crippen LogP contribution is 2.26. The molecule has 8 heteroatoms. The molecule has 0 bridgehead atoms. The third-order valence-corrected chi connectivity index (χ3v) is 7.14. The van der Waals surface area contributed by atoms with Gasteiger partial charge in [-0.15, -0.1) is 0 Å². The van der Waals surface area contributed by atoms with E-state index in [1.54, 1.807) is 12.1 Å². The van der Waals surface area contributed by atoms with Crippen LogP contribution in [0.4, 0.5) is 10.1 Å². The van der Waals surface area contributed by atoms with Crippen molar-refractivity contribution in [1.29, 1.82) is 0 Å². The Balaban J connectivity index is 1.89. The van der Waals surface area contributed by atoms with Crippen LogP contribution in [-0.2, 0) is 14.8 Å². The molecule has 3 aromatic rings. The van der Waals surface area contributed by atoms with Crippen LogP contribution in [0.3, 0.4) is 0 Å². The fourth-order valence-corrected chi connectivity index (χ4v) is 4.94. The Morgan fingerprint density at radius 3 is 2.15 bits per heavy atom. The largest absolute Gasteiger partial charge is 0.494 e. The smallest absolute Gasteiger partial charge is 0.264 e. The predicted molar refractivity (Wildman–Crippen MR) is 131 cm³/mol. The fraction of sp³-hybridized carbons (Fsp3) is 0.269. The quantitative estimate of drug-likeness (QED) is 0.440. The number of amides is 1. The molecule has 1 amide bonds. The molecule has 0 aliphatic heterocycles. The van der Waals surface area contributed by atoms with Gasteiger partial charge in [-0.2, -0.15) is 0 Å². The zero-order valence-electron chi connectivity index (χ0n) is 19.5. The van der Waals surface area contributed by atoms with Gasteiger partial charge in [-0.25, -0.2) is 12.8 Å². The molecule has 0 fully saturated rings. The zero-order chi connectivity index (χ0) is 24.7. The lowest BCUT2D eigenvalue weighted by molar-refractivity contribution is -0.120. The molecule has 0 radical (unpaired) electrons. The summed E-state index contributed by atoms with van der Waals surface area (Å²) in [5, 5.41) is 2.92. The van der Waals surface area contributed by atoms with Crippen LogP contribution in [0.15, 0.2) is 77.7 Å². The highest BCUT2D eigenvalue weighted by atomic mass is 32.2. The molecule has 1 unspecified atom stereocenters. The summed E-state index contributed by atoms with van der Waals surface area (Å²) in [5.41, 5.74) is 2.23. The molecule has 0 aromatic heterocycles. The molecule has 1 N–H and O–H groups in total. The molecule has 0 spiro atoms. The van der Waals surface area contributed by atoms with Gasteiger partial charge in [-0.1, -0.05) is 36.8 Å². The summed E-state index contributed by atoms with van der Waals surface area (Å²) in [7, 11) is -4.11. The van der Waals surface area contributed by atoms with E-state index in [1.165, 1.54) is 24.3 Å². The first-order chi connectivity index (χ1) is 16.2. The van der Waals surface area contributed by atoms with Crippen LogP contribution in [0.5, 0.6) is 5.75 Å². The van der Waals surface area contributed by atoms with E-state index < -0.39 is 28.3 Å². The number of hydrogen-bond acceptors (Lipinski definition) is 4. The van der Waals surface area contributed by atoms with E-state index in [2.05, 4.69) is 5.32 Å². The summed E-state index contributed by atoms with van der Waals surface area (Å²) in [6.45, 7) is 5.76. The van der Waals surface area contributed by atoms with Crippen LogP contribution in [-0.4, -0.2) is 27.5 Å². The van der Waals surface area contributed by atoms with Crippen LogP contribution >= 0.6 is 0 Å². The van der Waals surface area contributed by atoms with Gasteiger partial charge in [-0.05, 0) is 74.4 Å². The molecule has 34 heavy (non-hydrogen) atoms. The second-order valence-electron chi connectivity index (χ2n) is 7.83. The van der Waals surface area contributed by atoms with Crippen molar-refractivity contribution in [2.75, 3.05) is 17.5 Å². The first-order valence-electron chi connectivity index (χ1n) is 11.1. The highest BCUT2D eigenvalue weighted by Gasteiger charge is 2.28. The second kappa shape index (κ2) is 11.2. The van der Waals surface area contributed by atoms with Gasteiger partial charge < -0.3 is 10.1 Å². The van der Waals surface area contributed by atoms with E-state index in [0.29, 0.717) is 18.8 Å². The van der Waals surface area contributed by atoms with E-state index in [-0.39, 0.29) is 16.6 Å². The van der Waals surface area contributed by atoms with Gasteiger partial charge in [0.25, 0.3) is 10.0 Å². The number of benzene rings is 3. The maximum atomic E-state index is 13.5. The summed E-state index contributed by atoms with van der Waals surface area (Å²) in [5.74, 6) is -0.431. The highest BCUT2D eigenvalue weighted by molar-refractivity contribution is 7.92. The van der Waals surface area contributed by atoms with E-state index in [1.807, 2.05) is 45.0 Å². The third-order valence-electron chi connectivity index (χ3n) is 5.35. The van der Waals surface area contributed by atoms with Crippen molar-refractivity contribution >= 4 is 21.6 Å². The summed E-state index contributed by atoms with van der Waals surface area (Å²) in [6.07, 6.45) is 0.636. The minimum Gasteiger partial charge on any atom is -0.494 e. The van der Waals surface area contributed by atoms with Crippen molar-refractivity contribution in [3.8, 4) is 5.75 Å². The van der Waals surface area contributed by atoms with Crippen molar-refractivity contribution < 1.29 is 22.3 Å². The van der Waals surface area contributed by atoms with Crippen molar-refractivity contribution in [2.24, 2.45) is 0 Å². The number of nitrogens with one attached hydrogen (secondary N) is 1. The lowest BCUT2D eigenvalue weighted by Gasteiger charge is -2.26. The lowest BCUT2D eigenvalue weighted by Crippen LogP contribution is -2.42. The average molecular weight is 485 g/mol.